The first-order valence-electron chi connectivity index (χ1n) is 4.18. The van der Waals surface area contributed by atoms with Crippen molar-refractivity contribution in [3.8, 4) is 16.7 Å². The van der Waals surface area contributed by atoms with Crippen molar-refractivity contribution >= 4 is 28.6 Å². The number of halogens is 1. The number of nitriles is 1. The lowest BCUT2D eigenvalue weighted by Gasteiger charge is -1.93. The van der Waals surface area contributed by atoms with Gasteiger partial charge < -0.3 is 10.2 Å². The van der Waals surface area contributed by atoms with E-state index in [0.717, 1.165) is 10.4 Å². The summed E-state index contributed by atoms with van der Waals surface area (Å²) >= 11 is 7.00. The molecule has 0 amide bonds. The molecule has 0 aromatic carbocycles. The SMILES string of the molecule is Cc1c(-c2ccc(Cl)o2)sc(C#N)c1N. The first-order valence-corrected chi connectivity index (χ1v) is 5.37. The first kappa shape index (κ1) is 10.1. The van der Waals surface area contributed by atoms with Gasteiger partial charge in [-0.2, -0.15) is 5.26 Å². The number of furan rings is 1. The molecular formula is C10H7ClN2OS. The second-order valence-corrected chi connectivity index (χ2v) is 4.41. The molecule has 0 aliphatic heterocycles. The minimum absolute atomic E-state index is 0.329. The molecule has 2 N–H and O–H groups in total. The van der Waals surface area contributed by atoms with Gasteiger partial charge in [0.25, 0.3) is 0 Å². The molecule has 0 spiro atoms. The molecule has 2 rings (SSSR count). The maximum Gasteiger partial charge on any atom is 0.193 e. The number of thiophene rings is 1. The van der Waals surface area contributed by atoms with Gasteiger partial charge in [0.05, 0.1) is 10.6 Å². The molecule has 0 saturated heterocycles. The second-order valence-electron chi connectivity index (χ2n) is 3.01. The molecule has 0 radical (unpaired) electrons. The van der Waals surface area contributed by atoms with Gasteiger partial charge >= 0.3 is 0 Å². The van der Waals surface area contributed by atoms with E-state index in [9.17, 15) is 0 Å². The fourth-order valence-corrected chi connectivity index (χ4v) is 2.41. The second kappa shape index (κ2) is 3.61. The number of nitrogens with two attached hydrogens (primary N) is 1. The third-order valence-corrected chi connectivity index (χ3v) is 3.52. The highest BCUT2D eigenvalue weighted by Crippen LogP contribution is 2.38. The third-order valence-electron chi connectivity index (χ3n) is 2.09. The minimum Gasteiger partial charge on any atom is -0.444 e. The topological polar surface area (TPSA) is 63.0 Å². The van der Waals surface area contributed by atoms with Crippen LogP contribution in [0.3, 0.4) is 0 Å². The number of rotatable bonds is 1. The molecule has 2 aromatic heterocycles. The molecule has 76 valence electrons. The van der Waals surface area contributed by atoms with E-state index in [1.807, 2.05) is 6.92 Å². The van der Waals surface area contributed by atoms with Crippen molar-refractivity contribution in [3.05, 3.63) is 27.8 Å². The molecule has 3 nitrogen and oxygen atoms in total. The van der Waals surface area contributed by atoms with E-state index < -0.39 is 0 Å². The summed E-state index contributed by atoms with van der Waals surface area (Å²) in [4.78, 5) is 1.37. The van der Waals surface area contributed by atoms with Crippen LogP contribution < -0.4 is 5.73 Å². The third kappa shape index (κ3) is 1.60. The summed E-state index contributed by atoms with van der Waals surface area (Å²) in [5.41, 5.74) is 7.15. The highest BCUT2D eigenvalue weighted by atomic mass is 35.5. The largest absolute Gasteiger partial charge is 0.444 e. The summed E-state index contributed by atoms with van der Waals surface area (Å²) in [5.74, 6) is 0.649. The van der Waals surface area contributed by atoms with Crippen molar-refractivity contribution in [2.45, 2.75) is 6.92 Å². The Labute approximate surface area is 95.7 Å². The Hall–Kier alpha value is -1.44. The van der Waals surface area contributed by atoms with Crippen molar-refractivity contribution in [2.75, 3.05) is 5.73 Å². The van der Waals surface area contributed by atoms with Crippen molar-refractivity contribution in [1.82, 2.24) is 0 Å². The Bertz CT molecular complexity index is 550. The van der Waals surface area contributed by atoms with Gasteiger partial charge in [0.2, 0.25) is 0 Å². The quantitative estimate of drug-likeness (QED) is 0.828. The summed E-state index contributed by atoms with van der Waals surface area (Å²) < 4.78 is 5.27. The van der Waals surface area contributed by atoms with E-state index in [1.165, 1.54) is 11.3 Å². The average Bonchev–Trinajstić information content (AvgIpc) is 2.74. The number of anilines is 1. The summed E-state index contributed by atoms with van der Waals surface area (Å²) in [6.45, 7) is 1.86. The standard InChI is InChI=1S/C10H7ClN2OS/c1-5-9(13)7(4-12)15-10(5)6-2-3-8(11)14-6/h2-3H,13H2,1H3. The number of nitrogens with zero attached hydrogens (tertiary/aromatic N) is 1. The van der Waals surface area contributed by atoms with Gasteiger partial charge in [-0.25, -0.2) is 0 Å². The van der Waals surface area contributed by atoms with Crippen LogP contribution in [0.15, 0.2) is 16.5 Å². The summed E-state index contributed by atoms with van der Waals surface area (Å²) in [6.07, 6.45) is 0. The van der Waals surface area contributed by atoms with Crippen molar-refractivity contribution < 1.29 is 4.42 Å². The molecule has 0 saturated carbocycles. The van der Waals surface area contributed by atoms with Gasteiger partial charge in [0, 0.05) is 0 Å². The molecule has 0 aliphatic rings. The summed E-state index contributed by atoms with van der Waals surface area (Å²) in [7, 11) is 0. The molecule has 2 aromatic rings. The zero-order chi connectivity index (χ0) is 11.0. The van der Waals surface area contributed by atoms with Crippen LogP contribution in [0.2, 0.25) is 5.22 Å². The highest BCUT2D eigenvalue weighted by Gasteiger charge is 2.15. The Morgan fingerprint density at radius 3 is 2.73 bits per heavy atom. The Kier molecular flexibility index (Phi) is 2.43. The van der Waals surface area contributed by atoms with Crippen LogP contribution >= 0.6 is 22.9 Å². The van der Waals surface area contributed by atoms with E-state index in [0.29, 0.717) is 21.5 Å². The van der Waals surface area contributed by atoms with E-state index >= 15 is 0 Å². The number of hydrogen-bond acceptors (Lipinski definition) is 4. The monoisotopic (exact) mass is 238 g/mol. The summed E-state index contributed by atoms with van der Waals surface area (Å²) in [5, 5.41) is 9.16. The normalized spacial score (nSPS) is 10.2. The summed E-state index contributed by atoms with van der Waals surface area (Å²) in [6, 6.07) is 5.48. The Morgan fingerprint density at radius 2 is 2.27 bits per heavy atom. The molecule has 0 aliphatic carbocycles. The minimum atomic E-state index is 0.329. The molecule has 0 atom stereocenters. The van der Waals surface area contributed by atoms with E-state index in [-0.39, 0.29) is 0 Å². The number of hydrogen-bond donors (Lipinski definition) is 1. The van der Waals surface area contributed by atoms with Crippen LogP contribution in [0, 0.1) is 18.3 Å². The molecule has 0 unspecified atom stereocenters. The van der Waals surface area contributed by atoms with Gasteiger partial charge in [0.15, 0.2) is 5.22 Å². The van der Waals surface area contributed by atoms with Crippen LogP contribution in [-0.2, 0) is 0 Å². The van der Waals surface area contributed by atoms with E-state index in [4.69, 9.17) is 27.0 Å². The lowest BCUT2D eigenvalue weighted by Crippen LogP contribution is -1.86. The first-order chi connectivity index (χ1) is 7.13. The van der Waals surface area contributed by atoms with Gasteiger partial charge in [-0.3, -0.25) is 0 Å². The molecule has 0 fully saturated rings. The predicted octanol–water partition coefficient (Wildman–Crippen LogP) is 3.42. The van der Waals surface area contributed by atoms with Crippen molar-refractivity contribution in [3.63, 3.8) is 0 Å². The smallest absolute Gasteiger partial charge is 0.193 e. The fourth-order valence-electron chi connectivity index (χ4n) is 1.28. The molecule has 15 heavy (non-hydrogen) atoms. The molecular weight excluding hydrogens is 232 g/mol. The van der Waals surface area contributed by atoms with Gasteiger partial charge in [-0.1, -0.05) is 0 Å². The van der Waals surface area contributed by atoms with Crippen LogP contribution in [0.25, 0.3) is 10.6 Å². The maximum absolute atomic E-state index is 8.83. The lowest BCUT2D eigenvalue weighted by atomic mass is 10.2. The number of nitrogen functional groups attached to an aromatic ring is 1. The zero-order valence-corrected chi connectivity index (χ0v) is 9.45. The molecule has 0 bridgehead atoms. The molecule has 5 heteroatoms. The van der Waals surface area contributed by atoms with Crippen molar-refractivity contribution in [1.29, 1.82) is 5.26 Å². The van der Waals surface area contributed by atoms with Crippen LogP contribution in [0.5, 0.6) is 0 Å². The maximum atomic E-state index is 8.83. The Morgan fingerprint density at radius 1 is 1.53 bits per heavy atom. The zero-order valence-electron chi connectivity index (χ0n) is 7.87. The Balaban J connectivity index is 2.60. The van der Waals surface area contributed by atoms with Crippen LogP contribution in [0.1, 0.15) is 10.4 Å². The van der Waals surface area contributed by atoms with E-state index in [1.54, 1.807) is 12.1 Å². The van der Waals surface area contributed by atoms with Gasteiger partial charge in [0.1, 0.15) is 16.7 Å². The van der Waals surface area contributed by atoms with Crippen molar-refractivity contribution in [2.24, 2.45) is 0 Å². The van der Waals surface area contributed by atoms with Crippen LogP contribution in [0.4, 0.5) is 5.69 Å². The predicted molar refractivity (Wildman–Crippen MR) is 60.9 cm³/mol. The van der Waals surface area contributed by atoms with Crippen LogP contribution in [-0.4, -0.2) is 0 Å². The fraction of sp³-hybridized carbons (Fsp3) is 0.100. The lowest BCUT2D eigenvalue weighted by molar-refractivity contribution is 0.585. The highest BCUT2D eigenvalue weighted by molar-refractivity contribution is 7.16. The van der Waals surface area contributed by atoms with E-state index in [2.05, 4.69) is 6.07 Å². The average molecular weight is 239 g/mol. The molecule has 2 heterocycles. The van der Waals surface area contributed by atoms with Gasteiger partial charge in [-0.15, -0.1) is 11.3 Å². The van der Waals surface area contributed by atoms with Gasteiger partial charge in [-0.05, 0) is 36.2 Å².